The Hall–Kier alpha value is -2.68. The van der Waals surface area contributed by atoms with E-state index in [4.69, 9.17) is 0 Å². The van der Waals surface area contributed by atoms with E-state index in [2.05, 4.69) is 29.4 Å². The molecule has 0 unspecified atom stereocenters. The minimum atomic E-state index is -4.35. The molecule has 6 nitrogen and oxygen atoms in total. The van der Waals surface area contributed by atoms with Crippen LogP contribution in [0.2, 0.25) is 0 Å². The number of carbonyl (C=O) groups is 1. The predicted octanol–water partition coefficient (Wildman–Crippen LogP) is 3.59. The molecular formula is C22H28F3N5O. The largest absolute Gasteiger partial charge is 0.416 e. The molecule has 0 aliphatic carbocycles. The Kier molecular flexibility index (Phi) is 7.48. The minimum absolute atomic E-state index is 0.243. The van der Waals surface area contributed by atoms with Crippen LogP contribution in [0.25, 0.3) is 0 Å². The number of anilines is 1. The van der Waals surface area contributed by atoms with Gasteiger partial charge in [-0.25, -0.2) is 0 Å². The number of hydrogen-bond acceptors (Lipinski definition) is 5. The van der Waals surface area contributed by atoms with Gasteiger partial charge in [0.2, 0.25) is 0 Å². The average molecular weight is 435 g/mol. The lowest BCUT2D eigenvalue weighted by Gasteiger charge is -2.35. The number of aromatic nitrogens is 2. The number of amides is 1. The van der Waals surface area contributed by atoms with E-state index in [-0.39, 0.29) is 23.7 Å². The van der Waals surface area contributed by atoms with Crippen LogP contribution in [-0.2, 0) is 12.7 Å². The van der Waals surface area contributed by atoms with Crippen LogP contribution >= 0.6 is 0 Å². The van der Waals surface area contributed by atoms with Crippen LogP contribution in [0.3, 0.4) is 0 Å². The summed E-state index contributed by atoms with van der Waals surface area (Å²) in [5.41, 5.74) is -0.0171. The summed E-state index contributed by atoms with van der Waals surface area (Å²) in [6.45, 7) is 7.53. The summed E-state index contributed by atoms with van der Waals surface area (Å²) in [4.78, 5) is 16.1. The Labute approximate surface area is 180 Å². The first-order valence-electron chi connectivity index (χ1n) is 10.5. The molecule has 1 fully saturated rings. The summed E-state index contributed by atoms with van der Waals surface area (Å²) in [5.74, 6) is 0.927. The Morgan fingerprint density at radius 3 is 2.39 bits per heavy atom. The molecule has 1 aromatic heterocycles. The van der Waals surface area contributed by atoms with Crippen molar-refractivity contribution in [1.29, 1.82) is 0 Å². The van der Waals surface area contributed by atoms with E-state index < -0.39 is 11.7 Å². The second-order valence-corrected chi connectivity index (χ2v) is 8.13. The number of hydrogen-bond donors (Lipinski definition) is 1. The molecule has 168 valence electrons. The van der Waals surface area contributed by atoms with Crippen LogP contribution in [0.15, 0.2) is 36.4 Å². The third kappa shape index (κ3) is 6.40. The van der Waals surface area contributed by atoms with Gasteiger partial charge in [-0.15, -0.1) is 10.2 Å². The molecule has 9 heteroatoms. The van der Waals surface area contributed by atoms with Crippen molar-refractivity contribution < 1.29 is 18.0 Å². The number of nitrogens with one attached hydrogen (secondary N) is 1. The summed E-state index contributed by atoms with van der Waals surface area (Å²) in [7, 11) is 0. The number of rotatable bonds is 7. The topological polar surface area (TPSA) is 61.4 Å². The Bertz CT molecular complexity index is 862. The van der Waals surface area contributed by atoms with Gasteiger partial charge in [0.15, 0.2) is 11.5 Å². The van der Waals surface area contributed by atoms with Gasteiger partial charge in [-0.3, -0.25) is 9.69 Å². The maximum absolute atomic E-state index is 13.2. The molecule has 31 heavy (non-hydrogen) atoms. The Morgan fingerprint density at radius 2 is 1.77 bits per heavy atom. The predicted molar refractivity (Wildman–Crippen MR) is 113 cm³/mol. The van der Waals surface area contributed by atoms with Gasteiger partial charge in [0.05, 0.1) is 5.56 Å². The van der Waals surface area contributed by atoms with Crippen molar-refractivity contribution in [3.8, 4) is 0 Å². The highest BCUT2D eigenvalue weighted by molar-refractivity contribution is 5.92. The number of carbonyl (C=O) groups excluding carboxylic acids is 1. The lowest BCUT2D eigenvalue weighted by molar-refractivity contribution is -0.138. The van der Waals surface area contributed by atoms with Crippen molar-refractivity contribution in [2.24, 2.45) is 5.92 Å². The highest BCUT2D eigenvalue weighted by Crippen LogP contribution is 2.32. The van der Waals surface area contributed by atoms with Crippen LogP contribution in [0, 0.1) is 5.92 Å². The van der Waals surface area contributed by atoms with Gasteiger partial charge < -0.3 is 10.2 Å². The lowest BCUT2D eigenvalue weighted by Crippen LogP contribution is -2.46. The van der Waals surface area contributed by atoms with Crippen LogP contribution in [0.5, 0.6) is 0 Å². The summed E-state index contributed by atoms with van der Waals surface area (Å²) in [6.07, 6.45) is -3.45. The van der Waals surface area contributed by atoms with Gasteiger partial charge in [0.1, 0.15) is 0 Å². The Morgan fingerprint density at radius 1 is 1.06 bits per heavy atom. The Balaban J connectivity index is 1.53. The smallest absolute Gasteiger partial charge is 0.353 e. The van der Waals surface area contributed by atoms with Gasteiger partial charge in [0.25, 0.3) is 5.91 Å². The van der Waals surface area contributed by atoms with Crippen molar-refractivity contribution in [2.75, 3.05) is 37.6 Å². The fourth-order valence-corrected chi connectivity index (χ4v) is 3.49. The number of halogens is 3. The van der Waals surface area contributed by atoms with Gasteiger partial charge in [0, 0.05) is 39.3 Å². The quantitative estimate of drug-likeness (QED) is 0.720. The fourth-order valence-electron chi connectivity index (χ4n) is 3.49. The van der Waals surface area contributed by atoms with E-state index >= 15 is 0 Å². The molecule has 3 rings (SSSR count). The molecule has 1 aliphatic heterocycles. The summed E-state index contributed by atoms with van der Waals surface area (Å²) in [5, 5.41) is 11.0. The van der Waals surface area contributed by atoms with E-state index in [1.165, 1.54) is 12.1 Å². The second-order valence-electron chi connectivity index (χ2n) is 8.13. The SMILES string of the molecule is CC(C)CCNC(=O)c1ccc(N2CCN(Cc3ccccc3C(F)(F)F)CC2)nn1. The molecule has 1 amide bonds. The molecule has 0 spiro atoms. The van der Waals surface area contributed by atoms with E-state index in [1.807, 2.05) is 9.80 Å². The summed E-state index contributed by atoms with van der Waals surface area (Å²) >= 11 is 0. The maximum atomic E-state index is 13.2. The molecule has 1 saturated heterocycles. The second kappa shape index (κ2) is 10.1. The van der Waals surface area contributed by atoms with Gasteiger partial charge >= 0.3 is 6.18 Å². The fraction of sp³-hybridized carbons (Fsp3) is 0.500. The number of benzene rings is 1. The molecule has 0 bridgehead atoms. The molecule has 1 aromatic carbocycles. The van der Waals surface area contributed by atoms with Crippen LogP contribution in [0.4, 0.5) is 19.0 Å². The van der Waals surface area contributed by atoms with Crippen molar-refractivity contribution in [3.63, 3.8) is 0 Å². The molecular weight excluding hydrogens is 407 g/mol. The maximum Gasteiger partial charge on any atom is 0.416 e. The van der Waals surface area contributed by atoms with Crippen LogP contribution < -0.4 is 10.2 Å². The van der Waals surface area contributed by atoms with Crippen molar-refractivity contribution in [1.82, 2.24) is 20.4 Å². The number of nitrogens with zero attached hydrogens (tertiary/aromatic N) is 4. The molecule has 2 aromatic rings. The highest BCUT2D eigenvalue weighted by atomic mass is 19.4. The molecule has 1 N–H and O–H groups in total. The first kappa shape index (κ1) is 23.0. The van der Waals surface area contributed by atoms with Crippen molar-refractivity contribution in [3.05, 3.63) is 53.2 Å². The summed E-state index contributed by atoms with van der Waals surface area (Å²) < 4.78 is 39.6. The van der Waals surface area contributed by atoms with Crippen molar-refractivity contribution >= 4 is 11.7 Å². The zero-order valence-electron chi connectivity index (χ0n) is 17.8. The normalized spacial score (nSPS) is 15.4. The van der Waals surface area contributed by atoms with Gasteiger partial charge in [-0.2, -0.15) is 13.2 Å². The van der Waals surface area contributed by atoms with E-state index in [0.29, 0.717) is 44.5 Å². The molecule has 0 saturated carbocycles. The third-order valence-corrected chi connectivity index (χ3v) is 5.30. The first-order valence-corrected chi connectivity index (χ1v) is 10.5. The average Bonchev–Trinajstić information content (AvgIpc) is 2.74. The molecule has 0 radical (unpaired) electrons. The van der Waals surface area contributed by atoms with Gasteiger partial charge in [-0.1, -0.05) is 32.0 Å². The van der Waals surface area contributed by atoms with E-state index in [9.17, 15) is 18.0 Å². The van der Waals surface area contributed by atoms with Crippen LogP contribution in [-0.4, -0.2) is 53.7 Å². The van der Waals surface area contributed by atoms with E-state index in [1.54, 1.807) is 18.2 Å². The highest BCUT2D eigenvalue weighted by Gasteiger charge is 2.33. The molecule has 2 heterocycles. The minimum Gasteiger partial charge on any atom is -0.353 e. The first-order chi connectivity index (χ1) is 14.7. The molecule has 1 aliphatic rings. The monoisotopic (exact) mass is 435 g/mol. The lowest BCUT2D eigenvalue weighted by atomic mass is 10.1. The zero-order valence-corrected chi connectivity index (χ0v) is 17.8. The van der Waals surface area contributed by atoms with E-state index in [0.717, 1.165) is 12.5 Å². The third-order valence-electron chi connectivity index (χ3n) is 5.30. The van der Waals surface area contributed by atoms with Gasteiger partial charge in [-0.05, 0) is 36.1 Å². The molecule has 0 atom stereocenters. The van der Waals surface area contributed by atoms with Crippen LogP contribution in [0.1, 0.15) is 41.9 Å². The summed E-state index contributed by atoms with van der Waals surface area (Å²) in [6, 6.07) is 9.12. The standard InChI is InChI=1S/C22H28F3N5O/c1-16(2)9-10-26-21(31)19-7-8-20(28-27-19)30-13-11-29(12-14-30)15-17-5-3-4-6-18(17)22(23,24)25/h3-8,16H,9-15H2,1-2H3,(H,26,31). The number of alkyl halides is 3. The van der Waals surface area contributed by atoms with Crippen molar-refractivity contribution in [2.45, 2.75) is 33.0 Å². The number of piperazine rings is 1. The zero-order chi connectivity index (χ0) is 22.4.